The molecule has 0 aliphatic carbocycles. The lowest BCUT2D eigenvalue weighted by atomic mass is 10.2. The lowest BCUT2D eigenvalue weighted by molar-refractivity contribution is 0.0958. The highest BCUT2D eigenvalue weighted by atomic mass is 127. The smallest absolute Gasteiger partial charge is 0.263 e. The highest BCUT2D eigenvalue weighted by Gasteiger charge is 2.11. The van der Waals surface area contributed by atoms with Crippen LogP contribution in [0, 0.1) is 12.7 Å². The van der Waals surface area contributed by atoms with Gasteiger partial charge in [-0.1, -0.05) is 12.1 Å². The first kappa shape index (κ1) is 23.3. The van der Waals surface area contributed by atoms with E-state index in [2.05, 4.69) is 20.6 Å². The van der Waals surface area contributed by atoms with Gasteiger partial charge in [-0.2, -0.15) is 0 Å². The third kappa shape index (κ3) is 7.41. The molecule has 2 rings (SSSR count). The number of carbonyl (C=O) groups excluding carboxylic acids is 1. The lowest BCUT2D eigenvalue weighted by Gasteiger charge is -2.22. The van der Waals surface area contributed by atoms with E-state index in [9.17, 15) is 9.18 Å². The van der Waals surface area contributed by atoms with Gasteiger partial charge in [0.1, 0.15) is 10.7 Å². The third-order valence-corrected chi connectivity index (χ3v) is 4.54. The predicted molar refractivity (Wildman–Crippen MR) is 118 cm³/mol. The van der Waals surface area contributed by atoms with Crippen molar-refractivity contribution in [3.63, 3.8) is 0 Å². The Morgan fingerprint density at radius 3 is 2.78 bits per heavy atom. The molecule has 0 saturated heterocycles. The van der Waals surface area contributed by atoms with Crippen LogP contribution in [-0.4, -0.2) is 48.4 Å². The second-order valence-electron chi connectivity index (χ2n) is 5.74. The number of benzene rings is 1. The summed E-state index contributed by atoms with van der Waals surface area (Å²) in [6.45, 7) is 5.93. The van der Waals surface area contributed by atoms with Crippen molar-refractivity contribution in [2.45, 2.75) is 20.4 Å². The summed E-state index contributed by atoms with van der Waals surface area (Å²) in [5, 5.41) is 6.05. The SMILES string of the molecule is CCNC(=NCCNC(=O)c1scnc1C)N(C)Cc1cccc(F)c1.I. The molecule has 0 bridgehead atoms. The van der Waals surface area contributed by atoms with Crippen LogP contribution in [0.3, 0.4) is 0 Å². The Balaban J connectivity index is 0.00000364. The standard InChI is InChI=1S/C18H24FN5OS.HI/c1-4-20-18(24(3)11-14-6-5-7-15(19)10-14)22-9-8-21-17(25)16-13(2)23-12-26-16;/h5-7,10,12H,4,8-9,11H2,1-3H3,(H,20,22)(H,21,25);1H. The van der Waals surface area contributed by atoms with Crippen LogP contribution >= 0.6 is 35.3 Å². The van der Waals surface area contributed by atoms with E-state index in [0.717, 1.165) is 17.8 Å². The van der Waals surface area contributed by atoms with Gasteiger partial charge in [0.15, 0.2) is 5.96 Å². The molecule has 0 atom stereocenters. The Kier molecular flexibility index (Phi) is 10.2. The van der Waals surface area contributed by atoms with Gasteiger partial charge < -0.3 is 15.5 Å². The van der Waals surface area contributed by atoms with Crippen LogP contribution < -0.4 is 10.6 Å². The highest BCUT2D eigenvalue weighted by molar-refractivity contribution is 14.0. The maximum absolute atomic E-state index is 13.3. The number of carbonyl (C=O) groups is 1. The molecule has 0 aliphatic heterocycles. The van der Waals surface area contributed by atoms with Crippen LogP contribution in [-0.2, 0) is 6.54 Å². The Labute approximate surface area is 180 Å². The van der Waals surface area contributed by atoms with Crippen LogP contribution in [0.15, 0.2) is 34.8 Å². The molecule has 1 aromatic carbocycles. The molecule has 9 heteroatoms. The first-order chi connectivity index (χ1) is 12.5. The number of thiazole rings is 1. The Bertz CT molecular complexity index is 768. The van der Waals surface area contributed by atoms with E-state index in [4.69, 9.17) is 0 Å². The van der Waals surface area contributed by atoms with Crippen molar-refractivity contribution in [3.8, 4) is 0 Å². The third-order valence-electron chi connectivity index (χ3n) is 3.62. The minimum atomic E-state index is -0.251. The fraction of sp³-hybridized carbons (Fsp3) is 0.389. The van der Waals surface area contributed by atoms with Gasteiger partial charge in [-0.05, 0) is 31.5 Å². The number of amides is 1. The second-order valence-corrected chi connectivity index (χ2v) is 6.60. The first-order valence-electron chi connectivity index (χ1n) is 8.43. The minimum Gasteiger partial charge on any atom is -0.357 e. The van der Waals surface area contributed by atoms with Gasteiger partial charge >= 0.3 is 0 Å². The van der Waals surface area contributed by atoms with E-state index < -0.39 is 0 Å². The fourth-order valence-corrected chi connectivity index (χ4v) is 3.10. The van der Waals surface area contributed by atoms with Crippen LogP contribution in [0.4, 0.5) is 4.39 Å². The Morgan fingerprint density at radius 2 is 2.15 bits per heavy atom. The number of aromatic nitrogens is 1. The number of guanidine groups is 1. The predicted octanol–water partition coefficient (Wildman–Crippen LogP) is 3.04. The van der Waals surface area contributed by atoms with Crippen LogP contribution in [0.1, 0.15) is 27.9 Å². The van der Waals surface area contributed by atoms with Crippen molar-refractivity contribution in [2.24, 2.45) is 4.99 Å². The number of nitrogens with one attached hydrogen (secondary N) is 2. The molecule has 1 heterocycles. The van der Waals surface area contributed by atoms with E-state index in [1.165, 1.54) is 23.5 Å². The van der Waals surface area contributed by atoms with Gasteiger partial charge in [0, 0.05) is 26.7 Å². The number of hydrogen-bond acceptors (Lipinski definition) is 4. The van der Waals surface area contributed by atoms with E-state index in [1.54, 1.807) is 11.6 Å². The first-order valence-corrected chi connectivity index (χ1v) is 9.31. The summed E-state index contributed by atoms with van der Waals surface area (Å²) in [6, 6.07) is 6.51. The van der Waals surface area contributed by atoms with Gasteiger partial charge in [0.05, 0.1) is 17.7 Å². The summed E-state index contributed by atoms with van der Waals surface area (Å²) < 4.78 is 13.3. The number of aliphatic imine (C=N–C) groups is 1. The van der Waals surface area contributed by atoms with Gasteiger partial charge in [-0.15, -0.1) is 35.3 Å². The van der Waals surface area contributed by atoms with Gasteiger partial charge in [0.25, 0.3) is 5.91 Å². The van der Waals surface area contributed by atoms with E-state index >= 15 is 0 Å². The van der Waals surface area contributed by atoms with Crippen LogP contribution in [0.5, 0.6) is 0 Å². The zero-order chi connectivity index (χ0) is 18.9. The molecule has 0 fully saturated rings. The van der Waals surface area contributed by atoms with E-state index in [0.29, 0.717) is 30.5 Å². The molecule has 0 spiro atoms. The molecule has 148 valence electrons. The number of aryl methyl sites for hydroxylation is 1. The molecule has 2 N–H and O–H groups in total. The van der Waals surface area contributed by atoms with Crippen LogP contribution in [0.2, 0.25) is 0 Å². The summed E-state index contributed by atoms with van der Waals surface area (Å²) >= 11 is 1.33. The molecule has 1 amide bonds. The molecule has 0 saturated carbocycles. The lowest BCUT2D eigenvalue weighted by Crippen LogP contribution is -2.39. The van der Waals surface area contributed by atoms with Crippen molar-refractivity contribution < 1.29 is 9.18 Å². The summed E-state index contributed by atoms with van der Waals surface area (Å²) in [5.74, 6) is 0.331. The fourth-order valence-electron chi connectivity index (χ4n) is 2.39. The van der Waals surface area contributed by atoms with Crippen molar-refractivity contribution in [3.05, 3.63) is 51.7 Å². The summed E-state index contributed by atoms with van der Waals surface area (Å²) in [5.41, 5.74) is 3.26. The minimum absolute atomic E-state index is 0. The number of rotatable bonds is 7. The summed E-state index contributed by atoms with van der Waals surface area (Å²) in [6.07, 6.45) is 0. The van der Waals surface area contributed by atoms with Gasteiger partial charge in [-0.3, -0.25) is 9.79 Å². The number of halogens is 2. The Morgan fingerprint density at radius 1 is 1.37 bits per heavy atom. The van der Waals surface area contributed by atoms with Crippen molar-refractivity contribution in [2.75, 3.05) is 26.7 Å². The average molecular weight is 505 g/mol. The number of nitrogens with zero attached hydrogens (tertiary/aromatic N) is 3. The zero-order valence-electron chi connectivity index (χ0n) is 15.7. The van der Waals surface area contributed by atoms with Crippen molar-refractivity contribution in [1.29, 1.82) is 0 Å². The molecular weight excluding hydrogens is 480 g/mol. The van der Waals surface area contributed by atoms with Crippen molar-refractivity contribution >= 4 is 47.2 Å². The summed E-state index contributed by atoms with van der Waals surface area (Å²) in [7, 11) is 1.89. The molecule has 2 aromatic rings. The molecular formula is C18H25FIN5OS. The number of hydrogen-bond donors (Lipinski definition) is 2. The maximum atomic E-state index is 13.3. The molecule has 0 unspecified atom stereocenters. The monoisotopic (exact) mass is 505 g/mol. The van der Waals surface area contributed by atoms with E-state index in [-0.39, 0.29) is 35.7 Å². The molecule has 6 nitrogen and oxygen atoms in total. The highest BCUT2D eigenvalue weighted by Crippen LogP contribution is 2.11. The van der Waals surface area contributed by atoms with E-state index in [1.807, 2.05) is 31.9 Å². The van der Waals surface area contributed by atoms with Crippen molar-refractivity contribution in [1.82, 2.24) is 20.5 Å². The van der Waals surface area contributed by atoms with Gasteiger partial charge in [0.2, 0.25) is 0 Å². The summed E-state index contributed by atoms with van der Waals surface area (Å²) in [4.78, 5) is 23.2. The maximum Gasteiger partial charge on any atom is 0.263 e. The van der Waals surface area contributed by atoms with Crippen LogP contribution in [0.25, 0.3) is 0 Å². The quantitative estimate of drug-likeness (QED) is 0.263. The average Bonchev–Trinajstić information content (AvgIpc) is 3.03. The molecule has 1 aromatic heterocycles. The second kappa shape index (κ2) is 11.9. The normalized spacial score (nSPS) is 10.9. The molecule has 0 aliphatic rings. The molecule has 27 heavy (non-hydrogen) atoms. The largest absolute Gasteiger partial charge is 0.357 e. The Hall–Kier alpha value is -1.75. The molecule has 0 radical (unpaired) electrons. The zero-order valence-corrected chi connectivity index (χ0v) is 18.8. The topological polar surface area (TPSA) is 69.6 Å². The van der Waals surface area contributed by atoms with Gasteiger partial charge in [-0.25, -0.2) is 9.37 Å².